The molecule has 0 aliphatic rings. The molecule has 0 saturated heterocycles. The number of nitrogens with one attached hydrogen (secondary N) is 2. The Bertz CT molecular complexity index is 680. The molecule has 5 nitrogen and oxygen atoms in total. The van der Waals surface area contributed by atoms with Crippen molar-refractivity contribution in [2.24, 2.45) is 4.99 Å². The third-order valence-corrected chi connectivity index (χ3v) is 4.03. The van der Waals surface area contributed by atoms with Gasteiger partial charge in [0.05, 0.1) is 18.1 Å². The maximum Gasteiger partial charge on any atom is 0.191 e. The van der Waals surface area contributed by atoms with Crippen LogP contribution in [0.15, 0.2) is 35.5 Å². The minimum atomic E-state index is -0.356. The van der Waals surface area contributed by atoms with Gasteiger partial charge in [0.15, 0.2) is 17.5 Å². The highest BCUT2D eigenvalue weighted by molar-refractivity contribution is 14.0. The van der Waals surface area contributed by atoms with E-state index < -0.39 is 0 Å². The molecule has 1 heterocycles. The van der Waals surface area contributed by atoms with Gasteiger partial charge < -0.3 is 15.4 Å². The van der Waals surface area contributed by atoms with Crippen LogP contribution in [0.4, 0.5) is 4.39 Å². The highest BCUT2D eigenvalue weighted by Crippen LogP contribution is 2.16. The molecule has 2 aromatic rings. The number of aliphatic imine (C=N–C) groups is 1. The number of guanidine groups is 1. The van der Waals surface area contributed by atoms with Gasteiger partial charge in [0.25, 0.3) is 0 Å². The molecule has 0 aliphatic carbocycles. The largest absolute Gasteiger partial charge is 0.486 e. The Balaban J connectivity index is 0.00000312. The van der Waals surface area contributed by atoms with E-state index in [9.17, 15) is 4.39 Å². The van der Waals surface area contributed by atoms with Gasteiger partial charge in [0.2, 0.25) is 0 Å². The normalized spacial score (nSPS) is 12.2. The fourth-order valence-electron chi connectivity index (χ4n) is 2.02. The average molecular weight is 478 g/mol. The minimum Gasteiger partial charge on any atom is -0.486 e. The molecule has 1 atom stereocenters. The highest BCUT2D eigenvalue weighted by Gasteiger charge is 2.09. The smallest absolute Gasteiger partial charge is 0.191 e. The van der Waals surface area contributed by atoms with Gasteiger partial charge in [0, 0.05) is 17.6 Å². The standard InChI is InChI=1S/C17H23FN4OS.HI/c1-4-19-17(22-11-14-10-20-13(3)24-14)21-9-12(2)23-16-8-6-5-7-15(16)18;/h5-8,10,12H,4,9,11H2,1-3H3,(H2,19,21,22);1H. The van der Waals surface area contributed by atoms with Crippen LogP contribution in [0.2, 0.25) is 0 Å². The molecule has 0 bridgehead atoms. The van der Waals surface area contributed by atoms with Gasteiger partial charge in [0.1, 0.15) is 6.10 Å². The van der Waals surface area contributed by atoms with E-state index >= 15 is 0 Å². The fraction of sp³-hybridized carbons (Fsp3) is 0.412. The number of hydrogen-bond acceptors (Lipinski definition) is 4. The number of thiazole rings is 1. The van der Waals surface area contributed by atoms with Crippen LogP contribution in [0, 0.1) is 12.7 Å². The summed E-state index contributed by atoms with van der Waals surface area (Å²) in [7, 11) is 0. The molecular weight excluding hydrogens is 454 g/mol. The summed E-state index contributed by atoms with van der Waals surface area (Å²) >= 11 is 1.64. The number of nitrogens with zero attached hydrogens (tertiary/aromatic N) is 2. The molecular formula is C17H24FIN4OS. The number of benzene rings is 1. The summed E-state index contributed by atoms with van der Waals surface area (Å²) in [6, 6.07) is 6.40. The van der Waals surface area contributed by atoms with Crippen LogP contribution in [0.1, 0.15) is 23.7 Å². The molecule has 0 amide bonds. The minimum absolute atomic E-state index is 0. The van der Waals surface area contributed by atoms with Crippen molar-refractivity contribution in [3.63, 3.8) is 0 Å². The van der Waals surface area contributed by atoms with E-state index in [0.29, 0.717) is 19.0 Å². The first-order valence-corrected chi connectivity index (χ1v) is 8.74. The SMILES string of the molecule is CCNC(=NCc1cnc(C)s1)NCC(C)Oc1ccccc1F.I. The Morgan fingerprint density at radius 2 is 2.12 bits per heavy atom. The third-order valence-electron chi connectivity index (χ3n) is 3.13. The first-order chi connectivity index (χ1) is 11.6. The second-order valence-electron chi connectivity index (χ2n) is 5.28. The zero-order valence-electron chi connectivity index (χ0n) is 14.6. The van der Waals surface area contributed by atoms with Crippen molar-refractivity contribution >= 4 is 41.3 Å². The highest BCUT2D eigenvalue weighted by atomic mass is 127. The summed E-state index contributed by atoms with van der Waals surface area (Å²) in [6.07, 6.45) is 1.65. The first kappa shape index (κ1) is 21.6. The summed E-state index contributed by atoms with van der Waals surface area (Å²) in [4.78, 5) is 9.86. The van der Waals surface area contributed by atoms with E-state index in [-0.39, 0.29) is 41.6 Å². The number of halogens is 2. The van der Waals surface area contributed by atoms with Crippen molar-refractivity contribution in [1.29, 1.82) is 0 Å². The molecule has 2 N–H and O–H groups in total. The first-order valence-electron chi connectivity index (χ1n) is 7.93. The van der Waals surface area contributed by atoms with Gasteiger partial charge in [-0.25, -0.2) is 14.4 Å². The second kappa shape index (κ2) is 11.2. The quantitative estimate of drug-likeness (QED) is 0.362. The Hall–Kier alpha value is -1.42. The van der Waals surface area contributed by atoms with Gasteiger partial charge in [-0.15, -0.1) is 35.3 Å². The van der Waals surface area contributed by atoms with Crippen LogP contribution < -0.4 is 15.4 Å². The molecule has 0 saturated carbocycles. The van der Waals surface area contributed by atoms with Crippen molar-refractivity contribution in [3.8, 4) is 5.75 Å². The number of aryl methyl sites for hydroxylation is 1. The summed E-state index contributed by atoms with van der Waals surface area (Å²) in [5.74, 6) is 0.604. The molecule has 138 valence electrons. The van der Waals surface area contributed by atoms with Crippen LogP contribution in [0.3, 0.4) is 0 Å². The Kier molecular flexibility index (Phi) is 9.73. The van der Waals surface area contributed by atoms with E-state index in [1.54, 1.807) is 29.5 Å². The maximum atomic E-state index is 13.6. The number of para-hydroxylation sites is 1. The molecule has 0 spiro atoms. The van der Waals surface area contributed by atoms with Gasteiger partial charge in [-0.2, -0.15) is 0 Å². The van der Waals surface area contributed by atoms with E-state index in [4.69, 9.17) is 4.74 Å². The van der Waals surface area contributed by atoms with Crippen molar-refractivity contribution in [2.45, 2.75) is 33.4 Å². The number of rotatable bonds is 7. The van der Waals surface area contributed by atoms with Crippen molar-refractivity contribution in [3.05, 3.63) is 46.2 Å². The molecule has 2 rings (SSSR count). The zero-order valence-corrected chi connectivity index (χ0v) is 17.7. The van der Waals surface area contributed by atoms with Crippen LogP contribution in [-0.4, -0.2) is 30.1 Å². The molecule has 0 fully saturated rings. The van der Waals surface area contributed by atoms with E-state index in [1.807, 2.05) is 27.0 Å². The monoisotopic (exact) mass is 478 g/mol. The van der Waals surface area contributed by atoms with Crippen molar-refractivity contribution in [2.75, 3.05) is 13.1 Å². The van der Waals surface area contributed by atoms with Crippen LogP contribution >= 0.6 is 35.3 Å². The molecule has 8 heteroatoms. The van der Waals surface area contributed by atoms with Crippen molar-refractivity contribution < 1.29 is 9.13 Å². The van der Waals surface area contributed by atoms with E-state index in [1.165, 1.54) is 6.07 Å². The van der Waals surface area contributed by atoms with Gasteiger partial charge >= 0.3 is 0 Å². The predicted molar refractivity (Wildman–Crippen MR) is 112 cm³/mol. The summed E-state index contributed by atoms with van der Waals surface area (Å²) < 4.78 is 19.2. The lowest BCUT2D eigenvalue weighted by atomic mass is 10.3. The maximum absolute atomic E-state index is 13.6. The second-order valence-corrected chi connectivity index (χ2v) is 6.60. The third kappa shape index (κ3) is 7.55. The summed E-state index contributed by atoms with van der Waals surface area (Å²) in [5, 5.41) is 7.43. The number of hydrogen-bond donors (Lipinski definition) is 2. The molecule has 0 radical (unpaired) electrons. The van der Waals surface area contributed by atoms with Crippen LogP contribution in [0.25, 0.3) is 0 Å². The lowest BCUT2D eigenvalue weighted by Crippen LogP contribution is -2.41. The van der Waals surface area contributed by atoms with E-state index in [0.717, 1.165) is 16.4 Å². The van der Waals surface area contributed by atoms with Gasteiger partial charge in [-0.05, 0) is 32.9 Å². The number of ether oxygens (including phenoxy) is 1. The average Bonchev–Trinajstić information content (AvgIpc) is 2.98. The molecule has 1 aromatic carbocycles. The van der Waals surface area contributed by atoms with Crippen LogP contribution in [-0.2, 0) is 6.54 Å². The Labute approximate surface area is 169 Å². The van der Waals surface area contributed by atoms with Gasteiger partial charge in [-0.1, -0.05) is 12.1 Å². The van der Waals surface area contributed by atoms with E-state index in [2.05, 4.69) is 20.6 Å². The van der Waals surface area contributed by atoms with Crippen molar-refractivity contribution in [1.82, 2.24) is 15.6 Å². The summed E-state index contributed by atoms with van der Waals surface area (Å²) in [5.41, 5.74) is 0. The Morgan fingerprint density at radius 3 is 2.76 bits per heavy atom. The molecule has 25 heavy (non-hydrogen) atoms. The lowest BCUT2D eigenvalue weighted by molar-refractivity contribution is 0.214. The predicted octanol–water partition coefficient (Wildman–Crippen LogP) is 3.73. The van der Waals surface area contributed by atoms with Gasteiger partial charge in [-0.3, -0.25) is 0 Å². The summed E-state index contributed by atoms with van der Waals surface area (Å²) in [6.45, 7) is 7.72. The number of aromatic nitrogens is 1. The topological polar surface area (TPSA) is 58.5 Å². The molecule has 1 unspecified atom stereocenters. The fourth-order valence-corrected chi connectivity index (χ4v) is 2.74. The van der Waals surface area contributed by atoms with Crippen LogP contribution in [0.5, 0.6) is 5.75 Å². The molecule has 1 aromatic heterocycles. The lowest BCUT2D eigenvalue weighted by Gasteiger charge is -2.17. The molecule has 0 aliphatic heterocycles. The zero-order chi connectivity index (χ0) is 17.4. The Morgan fingerprint density at radius 1 is 1.36 bits per heavy atom.